The van der Waals surface area contributed by atoms with E-state index in [1.165, 1.54) is 29.0 Å². The van der Waals surface area contributed by atoms with E-state index < -0.39 is 20.7 Å². The highest BCUT2D eigenvalue weighted by Crippen LogP contribution is 2.37. The Labute approximate surface area is 262 Å². The first-order valence-electron chi connectivity index (χ1n) is 14.2. The molecule has 7 nitrogen and oxygen atoms in total. The second kappa shape index (κ2) is 13.2. The van der Waals surface area contributed by atoms with Crippen molar-refractivity contribution in [2.75, 3.05) is 36.5 Å². The number of rotatable bonds is 11. The second-order valence-corrected chi connectivity index (χ2v) is 13.7. The summed E-state index contributed by atoms with van der Waals surface area (Å²) >= 11 is 7.98. The van der Waals surface area contributed by atoms with Gasteiger partial charge in [0.2, 0.25) is 0 Å². The zero-order chi connectivity index (χ0) is 30.7. The fourth-order valence-electron chi connectivity index (χ4n) is 5.79. The fourth-order valence-corrected chi connectivity index (χ4v) is 8.23. The molecule has 1 saturated heterocycles. The van der Waals surface area contributed by atoms with Crippen LogP contribution in [0.1, 0.15) is 42.5 Å². The van der Waals surface area contributed by atoms with Crippen LogP contribution in [0.25, 0.3) is 0 Å². The van der Waals surface area contributed by atoms with Crippen LogP contribution in [0, 0.1) is 12.7 Å². The van der Waals surface area contributed by atoms with Gasteiger partial charge in [0.15, 0.2) is 5.82 Å². The Bertz CT molecular complexity index is 1650. The number of sulfonamides is 1. The maximum absolute atomic E-state index is 15.8. The number of aromatic nitrogens is 1. The van der Waals surface area contributed by atoms with Gasteiger partial charge < -0.3 is 9.64 Å². The van der Waals surface area contributed by atoms with E-state index in [0.717, 1.165) is 41.4 Å². The average Bonchev–Trinajstić information content (AvgIpc) is 3.71. The SMILES string of the molecule is CC[C@H](c1ccccc1)N1CC[C@H](N(C)c2cc(F)c(S(=O)(=O)N(Cc3ccc(OC)cc3C)c3cscn3)cc2Cl)C1. The summed E-state index contributed by atoms with van der Waals surface area (Å²) in [5, 5.41) is 1.80. The molecule has 0 N–H and O–H groups in total. The normalized spacial score (nSPS) is 16.3. The van der Waals surface area contributed by atoms with Crippen LogP contribution >= 0.6 is 22.9 Å². The molecule has 1 aromatic heterocycles. The molecule has 228 valence electrons. The lowest BCUT2D eigenvalue weighted by atomic mass is 10.0. The van der Waals surface area contributed by atoms with Gasteiger partial charge in [0, 0.05) is 43.7 Å². The Morgan fingerprint density at radius 2 is 1.95 bits per heavy atom. The molecule has 1 aliphatic heterocycles. The number of nitrogens with zero attached hydrogens (tertiary/aromatic N) is 4. The summed E-state index contributed by atoms with van der Waals surface area (Å²) in [7, 11) is -0.901. The molecule has 0 aliphatic carbocycles. The minimum absolute atomic E-state index is 0.0292. The summed E-state index contributed by atoms with van der Waals surface area (Å²) in [6.45, 7) is 5.73. The molecule has 0 bridgehead atoms. The molecule has 5 rings (SSSR count). The highest BCUT2D eigenvalue weighted by Gasteiger charge is 2.34. The summed E-state index contributed by atoms with van der Waals surface area (Å²) < 4.78 is 50.3. The largest absolute Gasteiger partial charge is 0.497 e. The van der Waals surface area contributed by atoms with Crippen LogP contribution in [0.4, 0.5) is 15.9 Å². The van der Waals surface area contributed by atoms with E-state index in [2.05, 4.69) is 41.1 Å². The second-order valence-electron chi connectivity index (χ2n) is 10.8. The van der Waals surface area contributed by atoms with E-state index in [4.69, 9.17) is 16.3 Å². The van der Waals surface area contributed by atoms with E-state index >= 15 is 4.39 Å². The molecule has 0 unspecified atom stereocenters. The number of likely N-dealkylation sites (tertiary alicyclic amines) is 1. The van der Waals surface area contributed by atoms with E-state index in [9.17, 15) is 8.42 Å². The van der Waals surface area contributed by atoms with Crippen molar-refractivity contribution in [3.8, 4) is 5.75 Å². The van der Waals surface area contributed by atoms with Crippen molar-refractivity contribution in [3.05, 3.63) is 99.1 Å². The molecule has 11 heteroatoms. The molecule has 0 spiro atoms. The minimum Gasteiger partial charge on any atom is -0.497 e. The number of hydrogen-bond acceptors (Lipinski definition) is 7. The van der Waals surface area contributed by atoms with Crippen molar-refractivity contribution >= 4 is 44.5 Å². The summed E-state index contributed by atoms with van der Waals surface area (Å²) in [5.74, 6) is 0.0212. The quantitative estimate of drug-likeness (QED) is 0.171. The molecule has 1 aliphatic rings. The maximum Gasteiger partial charge on any atom is 0.268 e. The maximum atomic E-state index is 15.8. The highest BCUT2D eigenvalue weighted by atomic mass is 35.5. The first-order chi connectivity index (χ1) is 20.6. The van der Waals surface area contributed by atoms with Crippen molar-refractivity contribution in [1.82, 2.24) is 9.88 Å². The monoisotopic (exact) mass is 642 g/mol. The van der Waals surface area contributed by atoms with Gasteiger partial charge in [0.25, 0.3) is 10.0 Å². The van der Waals surface area contributed by atoms with Crippen molar-refractivity contribution in [3.63, 3.8) is 0 Å². The van der Waals surface area contributed by atoms with Crippen LogP contribution in [-0.4, -0.2) is 51.6 Å². The Balaban J connectivity index is 1.41. The summed E-state index contributed by atoms with van der Waals surface area (Å²) in [4.78, 5) is 8.17. The molecule has 0 amide bonds. The highest BCUT2D eigenvalue weighted by molar-refractivity contribution is 7.92. The van der Waals surface area contributed by atoms with Gasteiger partial charge in [-0.25, -0.2) is 22.1 Å². The smallest absolute Gasteiger partial charge is 0.268 e. The number of halogens is 2. The van der Waals surface area contributed by atoms with Gasteiger partial charge in [-0.1, -0.05) is 54.9 Å². The van der Waals surface area contributed by atoms with Crippen LogP contribution in [0.2, 0.25) is 5.02 Å². The van der Waals surface area contributed by atoms with Crippen LogP contribution in [0.15, 0.2) is 76.4 Å². The number of anilines is 2. The number of benzene rings is 3. The Morgan fingerprint density at radius 1 is 1.19 bits per heavy atom. The van der Waals surface area contributed by atoms with Crippen LogP contribution in [0.3, 0.4) is 0 Å². The Hall–Kier alpha value is -3.18. The van der Waals surface area contributed by atoms with E-state index in [1.807, 2.05) is 31.0 Å². The number of thiazole rings is 1. The third kappa shape index (κ3) is 6.52. The molecule has 2 atom stereocenters. The number of aryl methyl sites for hydroxylation is 1. The van der Waals surface area contributed by atoms with E-state index in [-0.39, 0.29) is 23.4 Å². The standard InChI is InChI=1S/C32H36ClFN4O3S2/c1-5-29(23-9-7-6-8-10-23)37-14-13-25(19-37)36(3)30-17-28(34)31(16-27(30)33)43(39,40)38(32-20-42-21-35-32)18-24-11-12-26(41-4)15-22(24)2/h6-12,15-17,20-21,25,29H,5,13-14,18-19H2,1-4H3/t25-,29+/m0/s1. The van der Waals surface area contributed by atoms with Gasteiger partial charge in [-0.2, -0.15) is 0 Å². The zero-order valence-corrected chi connectivity index (χ0v) is 27.1. The molecule has 4 aromatic rings. The van der Waals surface area contributed by atoms with Gasteiger partial charge in [0.1, 0.15) is 16.5 Å². The first-order valence-corrected chi connectivity index (χ1v) is 17.0. The van der Waals surface area contributed by atoms with Crippen molar-refractivity contribution in [2.45, 2.75) is 50.2 Å². The predicted octanol–water partition coefficient (Wildman–Crippen LogP) is 7.31. The summed E-state index contributed by atoms with van der Waals surface area (Å²) in [6, 6.07) is 18.7. The first kappa shape index (κ1) is 31.3. The Morgan fingerprint density at radius 3 is 2.60 bits per heavy atom. The molecular formula is C32H36ClFN4O3S2. The van der Waals surface area contributed by atoms with Gasteiger partial charge in [-0.15, -0.1) is 11.3 Å². The van der Waals surface area contributed by atoms with Gasteiger partial charge >= 0.3 is 0 Å². The van der Waals surface area contributed by atoms with Crippen LogP contribution < -0.4 is 13.9 Å². The lowest BCUT2D eigenvalue weighted by Crippen LogP contribution is -2.36. The summed E-state index contributed by atoms with van der Waals surface area (Å²) in [6.07, 6.45) is 1.87. The summed E-state index contributed by atoms with van der Waals surface area (Å²) in [5.41, 5.74) is 4.87. The number of likely N-dealkylation sites (N-methyl/N-ethyl adjacent to an activating group) is 1. The zero-order valence-electron chi connectivity index (χ0n) is 24.7. The van der Waals surface area contributed by atoms with Gasteiger partial charge in [-0.3, -0.25) is 4.90 Å². The predicted molar refractivity (Wildman–Crippen MR) is 172 cm³/mol. The molecule has 1 fully saturated rings. The molecule has 43 heavy (non-hydrogen) atoms. The molecule has 3 aromatic carbocycles. The van der Waals surface area contributed by atoms with Crippen LogP contribution in [-0.2, 0) is 16.6 Å². The Kier molecular flexibility index (Phi) is 9.60. The third-order valence-corrected chi connectivity index (χ3v) is 10.9. The van der Waals surface area contributed by atoms with E-state index in [1.54, 1.807) is 30.1 Å². The van der Waals surface area contributed by atoms with Crippen LogP contribution in [0.5, 0.6) is 5.75 Å². The third-order valence-electron chi connectivity index (χ3n) is 8.24. The molecular weight excluding hydrogens is 607 g/mol. The number of hydrogen-bond donors (Lipinski definition) is 0. The number of ether oxygens (including phenoxy) is 1. The topological polar surface area (TPSA) is 66.0 Å². The lowest BCUT2D eigenvalue weighted by Gasteiger charge is -2.31. The molecule has 2 heterocycles. The van der Waals surface area contributed by atoms with E-state index in [0.29, 0.717) is 17.5 Å². The van der Waals surface area contributed by atoms with Gasteiger partial charge in [-0.05, 0) is 54.7 Å². The fraction of sp³-hybridized carbons (Fsp3) is 0.344. The minimum atomic E-state index is -4.36. The van der Waals surface area contributed by atoms with Gasteiger partial charge in [0.05, 0.1) is 29.9 Å². The molecule has 0 saturated carbocycles. The number of methoxy groups -OCH3 is 1. The molecule has 0 radical (unpaired) electrons. The van der Waals surface area contributed by atoms with Crippen molar-refractivity contribution < 1.29 is 17.5 Å². The van der Waals surface area contributed by atoms with Crippen molar-refractivity contribution in [1.29, 1.82) is 0 Å². The average molecular weight is 643 g/mol. The van der Waals surface area contributed by atoms with Crippen molar-refractivity contribution in [2.24, 2.45) is 0 Å². The lowest BCUT2D eigenvalue weighted by molar-refractivity contribution is 0.236.